The van der Waals surface area contributed by atoms with E-state index in [4.69, 9.17) is 32.7 Å². The van der Waals surface area contributed by atoms with Gasteiger partial charge in [-0.15, -0.1) is 10.2 Å². The van der Waals surface area contributed by atoms with Gasteiger partial charge in [-0.3, -0.25) is 24.2 Å². The van der Waals surface area contributed by atoms with Crippen molar-refractivity contribution in [3.8, 4) is 11.8 Å². The minimum atomic E-state index is -0.518. The van der Waals surface area contributed by atoms with Gasteiger partial charge in [-0.2, -0.15) is 0 Å². The topological polar surface area (TPSA) is 183 Å². The number of pyridine rings is 1. The number of amides is 2. The quantitative estimate of drug-likeness (QED) is 0.126. The van der Waals surface area contributed by atoms with Gasteiger partial charge in [-0.05, 0) is 117 Å². The van der Waals surface area contributed by atoms with Crippen LogP contribution in [0.4, 0.5) is 11.4 Å². The highest BCUT2D eigenvalue weighted by Gasteiger charge is 2.57. The second-order valence-corrected chi connectivity index (χ2v) is 19.8. The Bertz CT molecular complexity index is 2210. The van der Waals surface area contributed by atoms with Crippen LogP contribution in [0.2, 0.25) is 10.0 Å². The van der Waals surface area contributed by atoms with E-state index in [9.17, 15) is 19.2 Å². The molecular formula is C45H65Cl2N9O6. The average Bonchev–Trinajstić information content (AvgIpc) is 3.22. The summed E-state index contributed by atoms with van der Waals surface area (Å²) in [6.45, 7) is 22.0. The summed E-state index contributed by atoms with van der Waals surface area (Å²) in [6, 6.07) is 4.01. The van der Waals surface area contributed by atoms with Gasteiger partial charge in [0.25, 0.3) is 22.9 Å². The van der Waals surface area contributed by atoms with Gasteiger partial charge in [-0.1, -0.05) is 64.7 Å². The first kappa shape index (κ1) is 47.1. The zero-order chi connectivity index (χ0) is 45.3. The smallest absolute Gasteiger partial charge is 0.288 e. The number of nitrogens with one attached hydrogen (secondary N) is 4. The van der Waals surface area contributed by atoms with Crippen molar-refractivity contribution in [3.63, 3.8) is 0 Å². The molecular weight excluding hydrogens is 833 g/mol. The molecule has 6 aliphatic rings. The zero-order valence-corrected chi connectivity index (χ0v) is 39.3. The fourth-order valence-corrected chi connectivity index (χ4v) is 10.9. The molecule has 2 amide bonds. The number of ether oxygens (including phenoxy) is 2. The van der Waals surface area contributed by atoms with E-state index in [1.807, 2.05) is 39.8 Å². The molecule has 0 aliphatic heterocycles. The second kappa shape index (κ2) is 19.2. The predicted molar refractivity (Wildman–Crippen MR) is 242 cm³/mol. The van der Waals surface area contributed by atoms with Crippen LogP contribution in [0.3, 0.4) is 0 Å². The summed E-state index contributed by atoms with van der Waals surface area (Å²) < 4.78 is 13.5. The highest BCUT2D eigenvalue weighted by Crippen LogP contribution is 2.62. The Kier molecular flexibility index (Phi) is 14.6. The Morgan fingerprint density at radius 1 is 0.758 bits per heavy atom. The Morgan fingerprint density at radius 3 is 1.58 bits per heavy atom. The summed E-state index contributed by atoms with van der Waals surface area (Å²) in [5, 5.41) is 21.1. The fourth-order valence-electron chi connectivity index (χ4n) is 10.4. The molecule has 8 atom stereocenters. The van der Waals surface area contributed by atoms with Crippen molar-refractivity contribution in [3.05, 3.63) is 60.8 Å². The van der Waals surface area contributed by atoms with E-state index in [1.54, 1.807) is 12.4 Å². The number of halogens is 2. The highest BCUT2D eigenvalue weighted by molar-refractivity contribution is 6.33. The Balaban J connectivity index is 0.000000209. The van der Waals surface area contributed by atoms with Crippen molar-refractivity contribution >= 4 is 46.4 Å². The Labute approximate surface area is 374 Å². The molecule has 4 N–H and O–H groups in total. The van der Waals surface area contributed by atoms with Crippen LogP contribution in [0, 0.1) is 46.3 Å². The van der Waals surface area contributed by atoms with Crippen LogP contribution >= 0.6 is 23.2 Å². The lowest BCUT2D eigenvalue weighted by molar-refractivity contribution is -0.123. The highest BCUT2D eigenvalue weighted by atomic mass is 35.5. The first-order valence-electron chi connectivity index (χ1n) is 22.1. The van der Waals surface area contributed by atoms with E-state index in [0.717, 1.165) is 27.8 Å². The summed E-state index contributed by atoms with van der Waals surface area (Å²) in [7, 11) is 0. The van der Waals surface area contributed by atoms with E-state index in [-0.39, 0.29) is 64.8 Å². The molecule has 17 heteroatoms. The molecule has 3 aromatic rings. The Hall–Kier alpha value is -4.37. The summed E-state index contributed by atoms with van der Waals surface area (Å²) in [4.78, 5) is 54.2. The van der Waals surface area contributed by atoms with Crippen LogP contribution in [0.1, 0.15) is 100 Å². The van der Waals surface area contributed by atoms with Crippen molar-refractivity contribution in [1.82, 2.24) is 35.2 Å². The molecule has 3 heterocycles. The van der Waals surface area contributed by atoms with Crippen LogP contribution < -0.4 is 41.9 Å². The van der Waals surface area contributed by atoms with Crippen LogP contribution in [0.5, 0.6) is 11.8 Å². The van der Waals surface area contributed by atoms with Gasteiger partial charge in [0.15, 0.2) is 0 Å². The molecule has 6 saturated carbocycles. The molecule has 62 heavy (non-hydrogen) atoms. The maximum absolute atomic E-state index is 12.9. The number of nitrogens with zero attached hydrogens (tertiary/aromatic N) is 5. The summed E-state index contributed by atoms with van der Waals surface area (Å²) in [5.74, 6) is 3.39. The first-order chi connectivity index (χ1) is 29.3. The van der Waals surface area contributed by atoms with Gasteiger partial charge in [0.05, 0.1) is 13.2 Å². The average molecular weight is 899 g/mol. The number of aromatic nitrogens is 5. The molecule has 0 aromatic carbocycles. The minimum Gasteiger partial charge on any atom is -0.475 e. The van der Waals surface area contributed by atoms with Crippen molar-refractivity contribution in [2.75, 3.05) is 23.8 Å². The molecule has 3 aromatic heterocycles. The van der Waals surface area contributed by atoms with Gasteiger partial charge in [0.1, 0.15) is 34.5 Å². The van der Waals surface area contributed by atoms with Crippen molar-refractivity contribution in [2.24, 2.45) is 46.3 Å². The van der Waals surface area contributed by atoms with Crippen LogP contribution in [-0.4, -0.2) is 67.7 Å². The lowest BCUT2D eigenvalue weighted by Crippen LogP contribution is -2.58. The van der Waals surface area contributed by atoms with E-state index in [0.29, 0.717) is 77.5 Å². The number of anilines is 2. The molecule has 0 unspecified atom stereocenters. The number of rotatable bonds is 15. The van der Waals surface area contributed by atoms with E-state index in [1.165, 1.54) is 12.8 Å². The molecule has 4 bridgehead atoms. The van der Waals surface area contributed by atoms with Gasteiger partial charge >= 0.3 is 0 Å². The second-order valence-electron chi connectivity index (χ2n) is 19.0. The van der Waals surface area contributed by atoms with Crippen molar-refractivity contribution in [1.29, 1.82) is 0 Å². The number of hydrogen-bond acceptors (Lipinski definition) is 11. The number of hydrogen-bond donors (Lipinski definition) is 4. The molecule has 15 nitrogen and oxygen atoms in total. The van der Waals surface area contributed by atoms with E-state index in [2.05, 4.69) is 78.0 Å². The molecule has 0 spiro atoms. The van der Waals surface area contributed by atoms with Gasteiger partial charge < -0.3 is 30.7 Å². The van der Waals surface area contributed by atoms with Gasteiger partial charge in [0, 0.05) is 37.1 Å². The minimum absolute atomic E-state index is 0.00101. The molecule has 340 valence electrons. The predicted octanol–water partition coefficient (Wildman–Crippen LogP) is 6.79. The monoisotopic (exact) mass is 897 g/mol. The fraction of sp³-hybridized carbons (Fsp3) is 0.667. The summed E-state index contributed by atoms with van der Waals surface area (Å²) >= 11 is 13.0. The molecule has 6 aliphatic carbocycles. The largest absolute Gasteiger partial charge is 0.475 e. The number of carbonyl (C=O) groups excluding carboxylic acids is 2. The van der Waals surface area contributed by atoms with E-state index >= 15 is 0 Å². The normalized spacial score (nSPS) is 26.1. The van der Waals surface area contributed by atoms with Crippen LogP contribution in [0.25, 0.3) is 0 Å². The molecule has 0 radical (unpaired) electrons. The van der Waals surface area contributed by atoms with E-state index < -0.39 is 11.1 Å². The van der Waals surface area contributed by atoms with Crippen LogP contribution in [-0.2, 0) is 29.2 Å². The van der Waals surface area contributed by atoms with Crippen molar-refractivity contribution < 1.29 is 19.1 Å². The van der Waals surface area contributed by atoms with Crippen LogP contribution in [0.15, 0.2) is 34.1 Å². The van der Waals surface area contributed by atoms with Gasteiger partial charge in [0.2, 0.25) is 11.8 Å². The maximum atomic E-state index is 12.9. The molecule has 9 rings (SSSR count). The summed E-state index contributed by atoms with van der Waals surface area (Å²) in [6.07, 6.45) is 7.89. The lowest BCUT2D eigenvalue weighted by Gasteiger charge is -2.62. The third-order valence-electron chi connectivity index (χ3n) is 14.3. The number of carbonyl (C=O) groups is 2. The van der Waals surface area contributed by atoms with Gasteiger partial charge in [-0.25, -0.2) is 9.36 Å². The first-order valence-corrected chi connectivity index (χ1v) is 22.9. The SMILES string of the molecule is CCOc1nn(CC(=O)NC(C)C)c(=O)c(Cl)c1N[C@@H]1C[C@@H]2C[C@H]([C@H]1C)C2(C)C.CCOc1nn(CC(=O)NCc2ccncc2)c(=O)c(Cl)c1N[C@@H]1C[C@@H]2C[C@H]([C@H]1C)C2(C)C. The molecule has 6 fully saturated rings. The number of fused-ring (bicyclic) bond motifs is 4. The zero-order valence-electron chi connectivity index (χ0n) is 37.8. The third kappa shape index (κ3) is 9.73. The standard InChI is InChI=1S/C24H32ClN5O3.C21H33ClN4O3/c1-5-33-22-21(28-18-11-16-10-17(14(18)2)24(16,3)4)20(25)23(32)30(29-22)13-19(31)27-12-15-6-8-26-9-7-15;1-7-29-19-18(24-15-9-13-8-14(12(15)4)21(13,5)6)17(22)20(28)26(25-19)10-16(27)23-11(2)3/h6-9,14,16-18,28H,5,10-13H2,1-4H3,(H,27,31);11-15,24H,7-10H2,1-6H3,(H,23,27)/t14-,16+,17-,18-;12-,13+,14-,15-/m11/s1. The Morgan fingerprint density at radius 2 is 1.19 bits per heavy atom. The maximum Gasteiger partial charge on any atom is 0.288 e. The molecule has 0 saturated heterocycles. The third-order valence-corrected chi connectivity index (χ3v) is 15.0. The lowest BCUT2D eigenvalue weighted by atomic mass is 9.45. The van der Waals surface area contributed by atoms with Crippen molar-refractivity contribution in [2.45, 2.75) is 133 Å². The summed E-state index contributed by atoms with van der Waals surface area (Å²) in [5.41, 5.74) is 1.49.